The van der Waals surface area contributed by atoms with Gasteiger partial charge in [-0.15, -0.1) is 13.2 Å². The molecule has 0 aliphatic carbocycles. The number of aromatic nitrogens is 1. The van der Waals surface area contributed by atoms with Crippen LogP contribution in [0.1, 0.15) is 33.2 Å². The molecular weight excluding hydrogens is 395 g/mol. The monoisotopic (exact) mass is 413 g/mol. The van der Waals surface area contributed by atoms with Crippen LogP contribution in [0.4, 0.5) is 18.9 Å². The number of rotatable bonds is 5. The highest BCUT2D eigenvalue weighted by Crippen LogP contribution is 2.37. The second kappa shape index (κ2) is 7.70. The summed E-state index contributed by atoms with van der Waals surface area (Å²) in [7, 11) is 0. The lowest BCUT2D eigenvalue weighted by molar-refractivity contribution is -0.274. The first-order chi connectivity index (χ1) is 14.3. The van der Waals surface area contributed by atoms with Crippen molar-refractivity contribution in [3.05, 3.63) is 89.2 Å². The fourth-order valence-electron chi connectivity index (χ4n) is 3.56. The molecular formula is C22H18F3N3O2. The second-order valence-electron chi connectivity index (χ2n) is 6.95. The number of benzene rings is 2. The summed E-state index contributed by atoms with van der Waals surface area (Å²) in [5.41, 5.74) is 3.79. The SMILES string of the molecule is Cc1cccc2c1C(=O)N(Cc1ccc(OC(F)(F)F)cc1)C2Nc1cccnc1. The minimum atomic E-state index is -4.75. The standard InChI is InChI=1S/C22H18F3N3O2/c1-14-4-2-6-18-19(14)21(29)28(20(18)27-16-5-3-11-26-12-16)13-15-7-9-17(10-8-15)30-22(23,24)25/h2-12,20,27H,13H2,1H3. The van der Waals surface area contributed by atoms with E-state index in [0.717, 1.165) is 16.8 Å². The summed E-state index contributed by atoms with van der Waals surface area (Å²) >= 11 is 0. The Hall–Kier alpha value is -3.55. The van der Waals surface area contributed by atoms with Crippen LogP contribution in [0.2, 0.25) is 0 Å². The lowest BCUT2D eigenvalue weighted by atomic mass is 10.0. The van der Waals surface area contributed by atoms with Crippen molar-refractivity contribution < 1.29 is 22.7 Å². The number of pyridine rings is 1. The molecule has 0 saturated heterocycles. The molecule has 30 heavy (non-hydrogen) atoms. The Morgan fingerprint density at radius 2 is 1.87 bits per heavy atom. The molecule has 1 amide bonds. The van der Waals surface area contributed by atoms with Crippen LogP contribution in [0.15, 0.2) is 67.0 Å². The molecule has 1 aliphatic heterocycles. The first kappa shape index (κ1) is 19.8. The van der Waals surface area contributed by atoms with Gasteiger partial charge < -0.3 is 15.0 Å². The van der Waals surface area contributed by atoms with Crippen molar-refractivity contribution in [1.82, 2.24) is 9.88 Å². The van der Waals surface area contributed by atoms with E-state index in [1.54, 1.807) is 23.4 Å². The van der Waals surface area contributed by atoms with Gasteiger partial charge in [0.05, 0.1) is 5.69 Å². The number of alkyl halides is 3. The van der Waals surface area contributed by atoms with Gasteiger partial charge in [0.25, 0.3) is 5.91 Å². The van der Waals surface area contributed by atoms with Gasteiger partial charge in [-0.1, -0.05) is 30.3 Å². The average Bonchev–Trinajstić information content (AvgIpc) is 2.96. The van der Waals surface area contributed by atoms with Gasteiger partial charge in [0.15, 0.2) is 0 Å². The molecule has 1 atom stereocenters. The summed E-state index contributed by atoms with van der Waals surface area (Å²) < 4.78 is 41.1. The number of carbonyl (C=O) groups is 1. The molecule has 0 saturated carbocycles. The number of aryl methyl sites for hydroxylation is 1. The molecule has 0 bridgehead atoms. The minimum absolute atomic E-state index is 0.139. The number of carbonyl (C=O) groups excluding carboxylic acids is 1. The van der Waals surface area contributed by atoms with Crippen LogP contribution in [-0.2, 0) is 6.54 Å². The number of hydrogen-bond acceptors (Lipinski definition) is 4. The summed E-state index contributed by atoms with van der Waals surface area (Å²) in [6.07, 6.45) is -1.85. The topological polar surface area (TPSA) is 54.5 Å². The number of ether oxygens (including phenoxy) is 1. The number of fused-ring (bicyclic) bond motifs is 1. The maximum Gasteiger partial charge on any atom is 0.573 e. The Morgan fingerprint density at radius 3 is 2.53 bits per heavy atom. The van der Waals surface area contributed by atoms with Gasteiger partial charge in [-0.25, -0.2) is 0 Å². The van der Waals surface area contributed by atoms with Crippen molar-refractivity contribution in [2.45, 2.75) is 26.0 Å². The third-order valence-electron chi connectivity index (χ3n) is 4.86. The third kappa shape index (κ3) is 4.07. The number of amides is 1. The Bertz CT molecular complexity index is 1050. The largest absolute Gasteiger partial charge is 0.573 e. The van der Waals surface area contributed by atoms with E-state index in [9.17, 15) is 18.0 Å². The molecule has 5 nitrogen and oxygen atoms in total. The molecule has 2 aromatic carbocycles. The van der Waals surface area contributed by atoms with Crippen LogP contribution in [0.5, 0.6) is 5.75 Å². The van der Waals surface area contributed by atoms with Gasteiger partial charge in [-0.05, 0) is 42.3 Å². The van der Waals surface area contributed by atoms with Gasteiger partial charge in [-0.3, -0.25) is 9.78 Å². The highest BCUT2D eigenvalue weighted by Gasteiger charge is 2.37. The molecule has 3 aromatic rings. The van der Waals surface area contributed by atoms with E-state index in [4.69, 9.17) is 0 Å². The lowest BCUT2D eigenvalue weighted by Crippen LogP contribution is -2.32. The molecule has 1 aliphatic rings. The summed E-state index contributed by atoms with van der Waals surface area (Å²) in [6.45, 7) is 2.10. The van der Waals surface area contributed by atoms with Crippen molar-refractivity contribution >= 4 is 11.6 Å². The predicted octanol–water partition coefficient (Wildman–Crippen LogP) is 5.06. The maximum absolute atomic E-state index is 13.2. The first-order valence-electron chi connectivity index (χ1n) is 9.23. The number of halogens is 3. The summed E-state index contributed by atoms with van der Waals surface area (Å²) in [4.78, 5) is 18.9. The number of anilines is 1. The lowest BCUT2D eigenvalue weighted by Gasteiger charge is -2.27. The fraction of sp³-hybridized carbons (Fsp3) is 0.182. The van der Waals surface area contributed by atoms with Crippen LogP contribution in [0.3, 0.4) is 0 Å². The number of hydrogen-bond donors (Lipinski definition) is 1. The fourth-order valence-corrected chi connectivity index (χ4v) is 3.56. The molecule has 8 heteroatoms. The van der Waals surface area contributed by atoms with E-state index >= 15 is 0 Å². The molecule has 2 heterocycles. The summed E-state index contributed by atoms with van der Waals surface area (Å²) in [6, 6.07) is 14.8. The van der Waals surface area contributed by atoms with E-state index < -0.39 is 12.5 Å². The Kier molecular flexibility index (Phi) is 5.07. The minimum Gasteiger partial charge on any atom is -0.406 e. The average molecular weight is 413 g/mol. The van der Waals surface area contributed by atoms with E-state index in [2.05, 4.69) is 15.0 Å². The first-order valence-corrected chi connectivity index (χ1v) is 9.23. The van der Waals surface area contributed by atoms with Crippen molar-refractivity contribution in [3.8, 4) is 5.75 Å². The van der Waals surface area contributed by atoms with Crippen molar-refractivity contribution in [2.75, 3.05) is 5.32 Å². The van der Waals surface area contributed by atoms with Crippen LogP contribution < -0.4 is 10.1 Å². The zero-order valence-electron chi connectivity index (χ0n) is 16.0. The smallest absolute Gasteiger partial charge is 0.406 e. The van der Waals surface area contributed by atoms with Crippen molar-refractivity contribution in [1.29, 1.82) is 0 Å². The normalized spacial score (nSPS) is 15.8. The molecule has 1 aromatic heterocycles. The highest BCUT2D eigenvalue weighted by atomic mass is 19.4. The molecule has 0 radical (unpaired) electrons. The third-order valence-corrected chi connectivity index (χ3v) is 4.86. The van der Waals surface area contributed by atoms with E-state index in [1.807, 2.05) is 31.2 Å². The maximum atomic E-state index is 13.2. The van der Waals surface area contributed by atoms with E-state index in [-0.39, 0.29) is 18.2 Å². The quantitative estimate of drug-likeness (QED) is 0.636. The van der Waals surface area contributed by atoms with Gasteiger partial charge in [0, 0.05) is 30.1 Å². The van der Waals surface area contributed by atoms with E-state index in [1.165, 1.54) is 24.3 Å². The van der Waals surface area contributed by atoms with Crippen LogP contribution in [-0.4, -0.2) is 22.2 Å². The van der Waals surface area contributed by atoms with Gasteiger partial charge in [-0.2, -0.15) is 0 Å². The molecule has 0 spiro atoms. The number of nitrogens with one attached hydrogen (secondary N) is 1. The Balaban J connectivity index is 1.62. The molecule has 0 fully saturated rings. The zero-order chi connectivity index (χ0) is 21.3. The summed E-state index contributed by atoms with van der Waals surface area (Å²) in [5, 5.41) is 3.34. The van der Waals surface area contributed by atoms with Crippen molar-refractivity contribution in [2.24, 2.45) is 0 Å². The highest BCUT2D eigenvalue weighted by molar-refractivity contribution is 6.00. The zero-order valence-corrected chi connectivity index (χ0v) is 16.0. The Labute approximate surface area is 171 Å². The molecule has 1 N–H and O–H groups in total. The Morgan fingerprint density at radius 1 is 1.10 bits per heavy atom. The van der Waals surface area contributed by atoms with E-state index in [0.29, 0.717) is 11.1 Å². The second-order valence-corrected chi connectivity index (χ2v) is 6.95. The van der Waals surface area contributed by atoms with Crippen LogP contribution >= 0.6 is 0 Å². The molecule has 1 unspecified atom stereocenters. The predicted molar refractivity (Wildman–Crippen MR) is 105 cm³/mol. The molecule has 4 rings (SSSR count). The van der Waals surface area contributed by atoms with Gasteiger partial charge >= 0.3 is 6.36 Å². The summed E-state index contributed by atoms with van der Waals surface area (Å²) in [5.74, 6) is -0.441. The number of nitrogens with zero attached hydrogens (tertiary/aromatic N) is 2. The van der Waals surface area contributed by atoms with Gasteiger partial charge in [0.2, 0.25) is 0 Å². The van der Waals surface area contributed by atoms with Crippen LogP contribution in [0.25, 0.3) is 0 Å². The van der Waals surface area contributed by atoms with Gasteiger partial charge in [0.1, 0.15) is 11.9 Å². The molecule has 154 valence electrons. The van der Waals surface area contributed by atoms with Crippen LogP contribution in [0, 0.1) is 6.92 Å². The van der Waals surface area contributed by atoms with Crippen molar-refractivity contribution in [3.63, 3.8) is 0 Å².